The van der Waals surface area contributed by atoms with Gasteiger partial charge in [-0.25, -0.2) is 9.59 Å². The lowest BCUT2D eigenvalue weighted by molar-refractivity contribution is -0.142. The molecule has 0 bridgehead atoms. The normalized spacial score (nSPS) is 15.1. The molecule has 12 heteroatoms. The molecule has 1 fully saturated rings. The number of hydrogen-bond donors (Lipinski definition) is 3. The highest BCUT2D eigenvalue weighted by Gasteiger charge is 2.30. The summed E-state index contributed by atoms with van der Waals surface area (Å²) < 4.78 is 4.68. The van der Waals surface area contributed by atoms with E-state index in [1.54, 1.807) is 24.0 Å². The van der Waals surface area contributed by atoms with Gasteiger partial charge in [-0.2, -0.15) is 0 Å². The SMILES string of the molecule is CCOC(=O)NC[C@H](NC(=O)C1CCN(C(=O)C=Cc2ccc(SC)c(Cl)c2Cl)CC1)C(=O)O. The number of aliphatic carboxylic acids is 1. The number of hydrogen-bond acceptors (Lipinski definition) is 6. The van der Waals surface area contributed by atoms with Gasteiger partial charge in [0, 0.05) is 30.0 Å². The number of piperidine rings is 1. The standard InChI is InChI=1S/C22H27Cl2N3O6S/c1-3-33-22(32)25-12-15(21(30)31)26-20(29)14-8-10-27(11-9-14)17(28)7-5-13-4-6-16(34-2)19(24)18(13)23/h4-7,14-15H,3,8-12H2,1-2H3,(H,25,32)(H,26,29)(H,30,31)/t15-/m0/s1. The van der Waals surface area contributed by atoms with Crippen LogP contribution in [-0.2, 0) is 19.1 Å². The zero-order chi connectivity index (χ0) is 25.3. The van der Waals surface area contributed by atoms with Crippen molar-refractivity contribution >= 4 is 64.9 Å². The quantitative estimate of drug-likeness (QED) is 0.329. The Morgan fingerprint density at radius 1 is 1.24 bits per heavy atom. The molecule has 1 saturated heterocycles. The summed E-state index contributed by atoms with van der Waals surface area (Å²) in [5, 5.41) is 14.9. The molecule has 0 saturated carbocycles. The fraction of sp³-hybridized carbons (Fsp3) is 0.455. The first-order valence-corrected chi connectivity index (χ1v) is 12.6. The zero-order valence-corrected chi connectivity index (χ0v) is 21.1. The number of nitrogens with zero attached hydrogens (tertiary/aromatic N) is 1. The van der Waals surface area contributed by atoms with E-state index in [0.717, 1.165) is 4.90 Å². The first-order chi connectivity index (χ1) is 16.2. The number of halogens is 2. The summed E-state index contributed by atoms with van der Waals surface area (Å²) in [7, 11) is 0. The lowest BCUT2D eigenvalue weighted by Gasteiger charge is -2.31. The third kappa shape index (κ3) is 7.82. The van der Waals surface area contributed by atoms with Crippen LogP contribution in [0, 0.1) is 5.92 Å². The molecule has 2 rings (SSSR count). The molecule has 0 radical (unpaired) electrons. The van der Waals surface area contributed by atoms with E-state index < -0.39 is 29.9 Å². The largest absolute Gasteiger partial charge is 0.480 e. The Balaban J connectivity index is 1.88. The molecule has 1 aromatic rings. The molecule has 0 aromatic heterocycles. The molecule has 0 unspecified atom stereocenters. The summed E-state index contributed by atoms with van der Waals surface area (Å²) in [6.45, 7) is 2.16. The number of benzene rings is 1. The Labute approximate surface area is 212 Å². The van der Waals surface area contributed by atoms with Crippen LogP contribution in [0.4, 0.5) is 4.79 Å². The van der Waals surface area contributed by atoms with Crippen molar-refractivity contribution in [2.45, 2.75) is 30.7 Å². The van der Waals surface area contributed by atoms with Gasteiger partial charge in [0.25, 0.3) is 0 Å². The molecule has 1 aromatic carbocycles. The van der Waals surface area contributed by atoms with Crippen molar-refractivity contribution in [1.29, 1.82) is 0 Å². The molecule has 0 spiro atoms. The lowest BCUT2D eigenvalue weighted by atomic mass is 9.95. The van der Waals surface area contributed by atoms with Gasteiger partial charge >= 0.3 is 12.1 Å². The van der Waals surface area contributed by atoms with Gasteiger partial charge in [-0.1, -0.05) is 29.3 Å². The number of likely N-dealkylation sites (tertiary alicyclic amines) is 1. The van der Waals surface area contributed by atoms with Gasteiger partial charge in [0.05, 0.1) is 23.2 Å². The average Bonchev–Trinajstić information content (AvgIpc) is 2.82. The number of alkyl carbamates (subject to hydrolysis) is 1. The summed E-state index contributed by atoms with van der Waals surface area (Å²) in [5.74, 6) is -2.37. The molecule has 9 nitrogen and oxygen atoms in total. The zero-order valence-electron chi connectivity index (χ0n) is 18.8. The summed E-state index contributed by atoms with van der Waals surface area (Å²) in [6, 6.07) is 2.34. The maximum Gasteiger partial charge on any atom is 0.407 e. The predicted molar refractivity (Wildman–Crippen MR) is 131 cm³/mol. The molecule has 1 aliphatic rings. The maximum atomic E-state index is 12.6. The lowest BCUT2D eigenvalue weighted by Crippen LogP contribution is -2.51. The second-order valence-corrected chi connectivity index (χ2v) is 9.02. The Kier molecular flexibility index (Phi) is 11.0. The molecular weight excluding hydrogens is 505 g/mol. The maximum absolute atomic E-state index is 12.6. The molecule has 186 valence electrons. The summed E-state index contributed by atoms with van der Waals surface area (Å²) in [6.07, 6.45) is 4.93. The smallest absolute Gasteiger partial charge is 0.407 e. The van der Waals surface area contributed by atoms with E-state index in [4.69, 9.17) is 23.2 Å². The van der Waals surface area contributed by atoms with Gasteiger partial charge in [-0.15, -0.1) is 11.8 Å². The number of carbonyl (C=O) groups is 4. The molecule has 3 amide bonds. The Hall–Kier alpha value is -2.43. The first kappa shape index (κ1) is 27.8. The highest BCUT2D eigenvalue weighted by atomic mass is 35.5. The van der Waals surface area contributed by atoms with Crippen LogP contribution < -0.4 is 10.6 Å². The number of carbonyl (C=O) groups excluding carboxylic acids is 3. The molecule has 1 heterocycles. The van der Waals surface area contributed by atoms with Crippen molar-refractivity contribution in [3.63, 3.8) is 0 Å². The van der Waals surface area contributed by atoms with Crippen molar-refractivity contribution < 1.29 is 29.0 Å². The summed E-state index contributed by atoms with van der Waals surface area (Å²) in [4.78, 5) is 50.3. The predicted octanol–water partition coefficient (Wildman–Crippen LogP) is 3.28. The van der Waals surface area contributed by atoms with Crippen molar-refractivity contribution in [2.24, 2.45) is 5.92 Å². The second-order valence-electron chi connectivity index (χ2n) is 7.42. The number of carboxylic acids is 1. The van der Waals surface area contributed by atoms with E-state index in [9.17, 15) is 24.3 Å². The minimum Gasteiger partial charge on any atom is -0.480 e. The van der Waals surface area contributed by atoms with Gasteiger partial charge in [-0.05, 0) is 43.7 Å². The van der Waals surface area contributed by atoms with Crippen LogP contribution in [0.2, 0.25) is 10.0 Å². The van der Waals surface area contributed by atoms with Crippen molar-refractivity contribution in [2.75, 3.05) is 32.5 Å². The van der Waals surface area contributed by atoms with Crippen molar-refractivity contribution in [1.82, 2.24) is 15.5 Å². The minimum atomic E-state index is -1.28. The summed E-state index contributed by atoms with van der Waals surface area (Å²) >= 11 is 14.0. The molecular formula is C22H27Cl2N3O6S. The number of rotatable bonds is 9. The van der Waals surface area contributed by atoms with Crippen molar-refractivity contribution in [3.05, 3.63) is 33.8 Å². The van der Waals surface area contributed by atoms with Crippen LogP contribution in [0.25, 0.3) is 6.08 Å². The van der Waals surface area contributed by atoms with Gasteiger partial charge in [0.2, 0.25) is 11.8 Å². The number of amides is 3. The third-order valence-corrected chi connectivity index (χ3v) is 7.01. The van der Waals surface area contributed by atoms with Gasteiger partial charge < -0.3 is 25.4 Å². The van der Waals surface area contributed by atoms with E-state index in [0.29, 0.717) is 41.5 Å². The molecule has 1 atom stereocenters. The van der Waals surface area contributed by atoms with E-state index in [1.165, 1.54) is 17.8 Å². The van der Waals surface area contributed by atoms with Crippen LogP contribution in [-0.4, -0.2) is 72.4 Å². The van der Waals surface area contributed by atoms with Crippen molar-refractivity contribution in [3.8, 4) is 0 Å². The van der Waals surface area contributed by atoms with Crippen LogP contribution in [0.1, 0.15) is 25.3 Å². The fourth-order valence-electron chi connectivity index (χ4n) is 3.32. The minimum absolute atomic E-state index is 0.146. The Bertz CT molecular complexity index is 951. The number of thioether (sulfide) groups is 1. The molecule has 3 N–H and O–H groups in total. The molecule has 0 aliphatic carbocycles. The summed E-state index contributed by atoms with van der Waals surface area (Å²) in [5.41, 5.74) is 0.628. The number of carboxylic acid groups (broad SMARTS) is 1. The number of nitrogens with one attached hydrogen (secondary N) is 2. The van der Waals surface area contributed by atoms with E-state index in [2.05, 4.69) is 15.4 Å². The fourth-order valence-corrected chi connectivity index (χ4v) is 4.49. The first-order valence-electron chi connectivity index (χ1n) is 10.6. The van der Waals surface area contributed by atoms with E-state index in [-0.39, 0.29) is 19.1 Å². The van der Waals surface area contributed by atoms with Crippen LogP contribution >= 0.6 is 35.0 Å². The third-order valence-electron chi connectivity index (χ3n) is 5.22. The molecule has 34 heavy (non-hydrogen) atoms. The topological polar surface area (TPSA) is 125 Å². The highest BCUT2D eigenvalue weighted by molar-refractivity contribution is 7.98. The van der Waals surface area contributed by atoms with Gasteiger partial charge in [0.1, 0.15) is 6.04 Å². The van der Waals surface area contributed by atoms with E-state index in [1.807, 2.05) is 12.3 Å². The van der Waals surface area contributed by atoms with Crippen LogP contribution in [0.5, 0.6) is 0 Å². The average molecular weight is 532 g/mol. The highest BCUT2D eigenvalue weighted by Crippen LogP contribution is 2.35. The number of ether oxygens (including phenoxy) is 1. The van der Waals surface area contributed by atoms with Crippen LogP contribution in [0.3, 0.4) is 0 Å². The van der Waals surface area contributed by atoms with Gasteiger partial charge in [0.15, 0.2) is 0 Å². The van der Waals surface area contributed by atoms with Crippen LogP contribution in [0.15, 0.2) is 23.1 Å². The van der Waals surface area contributed by atoms with Gasteiger partial charge in [-0.3, -0.25) is 9.59 Å². The van der Waals surface area contributed by atoms with E-state index >= 15 is 0 Å². The Morgan fingerprint density at radius 2 is 1.91 bits per heavy atom. The monoisotopic (exact) mass is 531 g/mol. The second kappa shape index (κ2) is 13.5. The Morgan fingerprint density at radius 3 is 2.50 bits per heavy atom. The molecule has 1 aliphatic heterocycles.